The SMILES string of the molecule is FC(F)(F)c1ccc(-c2cc(C(F)(F)F)nc(-n3cnc(-c4ccncc4)n3)n2)cc1. The van der Waals surface area contributed by atoms with Crippen LogP contribution >= 0.6 is 0 Å². The van der Waals surface area contributed by atoms with E-state index in [-0.39, 0.29) is 17.1 Å². The van der Waals surface area contributed by atoms with E-state index < -0.39 is 29.6 Å². The summed E-state index contributed by atoms with van der Waals surface area (Å²) in [7, 11) is 0. The van der Waals surface area contributed by atoms with Crippen LogP contribution in [-0.2, 0) is 12.4 Å². The molecule has 4 aromatic rings. The zero-order valence-corrected chi connectivity index (χ0v) is 15.2. The van der Waals surface area contributed by atoms with E-state index in [2.05, 4.69) is 25.0 Å². The zero-order valence-electron chi connectivity index (χ0n) is 15.2. The van der Waals surface area contributed by atoms with Crippen LogP contribution in [0.4, 0.5) is 26.3 Å². The molecule has 12 heteroatoms. The van der Waals surface area contributed by atoms with Crippen molar-refractivity contribution in [3.05, 3.63) is 72.4 Å². The van der Waals surface area contributed by atoms with Crippen molar-refractivity contribution in [1.82, 2.24) is 29.7 Å². The first kappa shape index (κ1) is 20.4. The first-order valence-corrected chi connectivity index (χ1v) is 8.57. The molecule has 4 rings (SSSR count). The number of hydrogen-bond acceptors (Lipinski definition) is 5. The maximum atomic E-state index is 13.4. The number of hydrogen-bond donors (Lipinski definition) is 0. The Hall–Kier alpha value is -3.83. The summed E-state index contributed by atoms with van der Waals surface area (Å²) in [5, 5.41) is 4.09. The van der Waals surface area contributed by atoms with Crippen LogP contribution in [0.25, 0.3) is 28.6 Å². The molecule has 0 unspecified atom stereocenters. The Balaban J connectivity index is 1.78. The van der Waals surface area contributed by atoms with Crippen molar-refractivity contribution in [2.75, 3.05) is 0 Å². The Labute approximate surface area is 170 Å². The summed E-state index contributed by atoms with van der Waals surface area (Å²) in [6.45, 7) is 0. The molecule has 0 radical (unpaired) electrons. The normalized spacial score (nSPS) is 12.2. The van der Waals surface area contributed by atoms with Gasteiger partial charge in [0.25, 0.3) is 5.95 Å². The van der Waals surface area contributed by atoms with E-state index in [1.165, 1.54) is 12.4 Å². The van der Waals surface area contributed by atoms with Crippen LogP contribution in [0.15, 0.2) is 61.2 Å². The highest BCUT2D eigenvalue weighted by Crippen LogP contribution is 2.33. The number of pyridine rings is 1. The van der Waals surface area contributed by atoms with Gasteiger partial charge in [0.1, 0.15) is 6.33 Å². The topological polar surface area (TPSA) is 69.4 Å². The fourth-order valence-corrected chi connectivity index (χ4v) is 2.65. The Morgan fingerprint density at radius 3 is 2.03 bits per heavy atom. The van der Waals surface area contributed by atoms with Crippen molar-refractivity contribution in [3.8, 4) is 28.6 Å². The second kappa shape index (κ2) is 7.45. The van der Waals surface area contributed by atoms with Crippen LogP contribution in [0, 0.1) is 0 Å². The van der Waals surface area contributed by atoms with E-state index in [0.717, 1.165) is 35.3 Å². The number of halogens is 6. The monoisotopic (exact) mass is 436 g/mol. The molecule has 0 atom stereocenters. The second-order valence-electron chi connectivity index (χ2n) is 6.26. The van der Waals surface area contributed by atoms with E-state index in [1.54, 1.807) is 12.1 Å². The highest BCUT2D eigenvalue weighted by Gasteiger charge is 2.34. The quantitative estimate of drug-likeness (QED) is 0.431. The van der Waals surface area contributed by atoms with Crippen molar-refractivity contribution in [2.45, 2.75) is 12.4 Å². The van der Waals surface area contributed by atoms with Gasteiger partial charge in [-0.15, -0.1) is 5.10 Å². The van der Waals surface area contributed by atoms with Gasteiger partial charge in [-0.2, -0.15) is 31.0 Å². The van der Waals surface area contributed by atoms with Crippen LogP contribution in [-0.4, -0.2) is 29.7 Å². The molecule has 0 aliphatic heterocycles. The van der Waals surface area contributed by atoms with Crippen molar-refractivity contribution in [3.63, 3.8) is 0 Å². The van der Waals surface area contributed by atoms with Crippen LogP contribution in [0.3, 0.4) is 0 Å². The number of rotatable bonds is 3. The highest BCUT2D eigenvalue weighted by molar-refractivity contribution is 5.61. The summed E-state index contributed by atoms with van der Waals surface area (Å²) >= 11 is 0. The Morgan fingerprint density at radius 2 is 1.42 bits per heavy atom. The summed E-state index contributed by atoms with van der Waals surface area (Å²) in [4.78, 5) is 15.4. The summed E-state index contributed by atoms with van der Waals surface area (Å²) in [6.07, 6.45) is -5.25. The molecule has 0 saturated carbocycles. The van der Waals surface area contributed by atoms with Gasteiger partial charge in [0.05, 0.1) is 11.3 Å². The van der Waals surface area contributed by atoms with Gasteiger partial charge in [0.2, 0.25) is 0 Å². The average molecular weight is 436 g/mol. The van der Waals surface area contributed by atoms with Crippen LogP contribution < -0.4 is 0 Å². The molecule has 31 heavy (non-hydrogen) atoms. The van der Waals surface area contributed by atoms with Gasteiger partial charge < -0.3 is 0 Å². The summed E-state index contributed by atoms with van der Waals surface area (Å²) in [5.74, 6) is -0.225. The molecule has 0 bridgehead atoms. The molecule has 3 aromatic heterocycles. The van der Waals surface area contributed by atoms with E-state index in [1.807, 2.05) is 0 Å². The molecule has 0 aliphatic rings. The maximum absolute atomic E-state index is 13.4. The number of aromatic nitrogens is 6. The lowest BCUT2D eigenvalue weighted by Gasteiger charge is -2.11. The molecular formula is C19H10F6N6. The van der Waals surface area contributed by atoms with Crippen molar-refractivity contribution < 1.29 is 26.3 Å². The van der Waals surface area contributed by atoms with Crippen LogP contribution in [0.5, 0.6) is 0 Å². The van der Waals surface area contributed by atoms with Gasteiger partial charge in [-0.3, -0.25) is 4.98 Å². The lowest BCUT2D eigenvalue weighted by molar-refractivity contribution is -0.141. The standard InChI is InChI=1S/C19H10F6N6/c20-18(21,22)13-3-1-11(2-4-13)14-9-15(19(23,24)25)29-17(28-14)31-10-27-16(30-31)12-5-7-26-8-6-12/h1-10H. The number of nitrogens with zero attached hydrogens (tertiary/aromatic N) is 6. The van der Waals surface area contributed by atoms with E-state index in [9.17, 15) is 26.3 Å². The minimum absolute atomic E-state index is 0.0524. The van der Waals surface area contributed by atoms with Gasteiger partial charge >= 0.3 is 12.4 Å². The molecule has 0 N–H and O–H groups in total. The highest BCUT2D eigenvalue weighted by atomic mass is 19.4. The fourth-order valence-electron chi connectivity index (χ4n) is 2.65. The van der Waals surface area contributed by atoms with Crippen molar-refractivity contribution in [2.24, 2.45) is 0 Å². The van der Waals surface area contributed by atoms with Gasteiger partial charge in [-0.1, -0.05) is 12.1 Å². The second-order valence-corrected chi connectivity index (χ2v) is 6.26. The molecule has 6 nitrogen and oxygen atoms in total. The van der Waals surface area contributed by atoms with Crippen molar-refractivity contribution >= 4 is 0 Å². The molecule has 0 saturated heterocycles. The minimum Gasteiger partial charge on any atom is -0.265 e. The van der Waals surface area contributed by atoms with Gasteiger partial charge in [0.15, 0.2) is 11.5 Å². The lowest BCUT2D eigenvalue weighted by atomic mass is 10.1. The van der Waals surface area contributed by atoms with E-state index in [4.69, 9.17) is 0 Å². The Morgan fingerprint density at radius 1 is 0.742 bits per heavy atom. The number of alkyl halides is 6. The van der Waals surface area contributed by atoms with Gasteiger partial charge in [-0.25, -0.2) is 15.0 Å². The Bertz CT molecular complexity index is 1200. The molecule has 3 heterocycles. The molecule has 158 valence electrons. The average Bonchev–Trinajstić information content (AvgIpc) is 3.23. The first-order valence-electron chi connectivity index (χ1n) is 8.57. The summed E-state index contributed by atoms with van der Waals surface area (Å²) < 4.78 is 79.4. The molecular weight excluding hydrogens is 426 g/mol. The first-order chi connectivity index (χ1) is 14.6. The largest absolute Gasteiger partial charge is 0.433 e. The van der Waals surface area contributed by atoms with Crippen LogP contribution in [0.1, 0.15) is 11.3 Å². The number of benzene rings is 1. The Kier molecular flexibility index (Phi) is 4.91. The maximum Gasteiger partial charge on any atom is 0.433 e. The smallest absolute Gasteiger partial charge is 0.265 e. The molecule has 0 fully saturated rings. The van der Waals surface area contributed by atoms with Crippen molar-refractivity contribution in [1.29, 1.82) is 0 Å². The van der Waals surface area contributed by atoms with E-state index >= 15 is 0 Å². The van der Waals surface area contributed by atoms with Gasteiger partial charge in [0, 0.05) is 23.5 Å². The molecule has 1 aromatic carbocycles. The predicted molar refractivity (Wildman–Crippen MR) is 95.6 cm³/mol. The van der Waals surface area contributed by atoms with E-state index in [0.29, 0.717) is 11.6 Å². The van der Waals surface area contributed by atoms with Gasteiger partial charge in [-0.05, 0) is 30.3 Å². The van der Waals surface area contributed by atoms with Crippen LogP contribution in [0.2, 0.25) is 0 Å². The third kappa shape index (κ3) is 4.37. The molecule has 0 aliphatic carbocycles. The third-order valence-electron chi connectivity index (χ3n) is 4.15. The predicted octanol–water partition coefficient (Wildman–Crippen LogP) is 4.82. The molecule has 0 spiro atoms. The summed E-state index contributed by atoms with van der Waals surface area (Å²) in [5.41, 5.74) is -1.79. The third-order valence-corrected chi connectivity index (χ3v) is 4.15. The fraction of sp³-hybridized carbons (Fsp3) is 0.105. The lowest BCUT2D eigenvalue weighted by Crippen LogP contribution is -2.13. The zero-order chi connectivity index (χ0) is 22.2. The summed E-state index contributed by atoms with van der Waals surface area (Å²) in [6, 6.07) is 7.49. The molecule has 0 amide bonds. The minimum atomic E-state index is -4.81.